The zero-order chi connectivity index (χ0) is 19.2. The van der Waals surface area contributed by atoms with Gasteiger partial charge >= 0.3 is 12.7 Å². The van der Waals surface area contributed by atoms with Gasteiger partial charge in [0.2, 0.25) is 0 Å². The number of hydrogen-bond donors (Lipinski definition) is 1. The summed E-state index contributed by atoms with van der Waals surface area (Å²) in [6, 6.07) is 18.0. The van der Waals surface area contributed by atoms with Crippen LogP contribution < -0.4 is 14.1 Å². The van der Waals surface area contributed by atoms with Crippen LogP contribution in [0, 0.1) is 0 Å². The second-order valence-electron chi connectivity index (χ2n) is 6.32. The molecule has 0 aromatic heterocycles. The van der Waals surface area contributed by atoms with Crippen molar-refractivity contribution < 1.29 is 13.8 Å². The molecule has 0 atom stereocenters. The van der Waals surface area contributed by atoms with Crippen LogP contribution in [0.1, 0.15) is 27.7 Å². The van der Waals surface area contributed by atoms with E-state index in [4.69, 9.17) is 20.9 Å². The molecule has 0 heterocycles. The van der Waals surface area contributed by atoms with Gasteiger partial charge in [-0.25, -0.2) is 9.88 Å². The van der Waals surface area contributed by atoms with Gasteiger partial charge in [0, 0.05) is 23.9 Å². The molecule has 1 N–H and O–H groups in total. The lowest BCUT2D eigenvalue weighted by molar-refractivity contribution is 0.169. The van der Waals surface area contributed by atoms with Crippen molar-refractivity contribution >= 4 is 24.5 Å². The molecule has 0 aliphatic rings. The van der Waals surface area contributed by atoms with Gasteiger partial charge in [0.05, 0.1) is 0 Å². The third-order valence-electron chi connectivity index (χ3n) is 3.52. The second kappa shape index (κ2) is 9.06. The second-order valence-corrected chi connectivity index (χ2v) is 9.34. The summed E-state index contributed by atoms with van der Waals surface area (Å²) in [4.78, 5) is 14.6. The molecule has 0 saturated heterocycles. The number of rotatable bonds is 7. The number of amides is 2. The van der Waals surface area contributed by atoms with E-state index in [2.05, 4.69) is 5.09 Å². The van der Waals surface area contributed by atoms with E-state index in [1.807, 2.05) is 64.1 Å². The Morgan fingerprint density at radius 3 is 1.62 bits per heavy atom. The number of carbonyl (C=O) groups is 1. The zero-order valence-electron chi connectivity index (χ0n) is 15.5. The van der Waals surface area contributed by atoms with Crippen LogP contribution in [0.2, 0.25) is 0 Å². The molecular formula is C19H25N2O3PS. The van der Waals surface area contributed by atoms with Crippen molar-refractivity contribution in [3.63, 3.8) is 0 Å². The van der Waals surface area contributed by atoms with Crippen LogP contribution in [-0.2, 0) is 11.8 Å². The Labute approximate surface area is 160 Å². The minimum absolute atomic E-state index is 0.0203. The minimum atomic E-state index is -3.16. The highest BCUT2D eigenvalue weighted by Gasteiger charge is 2.30. The topological polar surface area (TPSA) is 50.8 Å². The van der Waals surface area contributed by atoms with E-state index < -0.39 is 6.64 Å². The van der Waals surface area contributed by atoms with Crippen LogP contribution >= 0.6 is 6.64 Å². The minimum Gasteiger partial charge on any atom is -0.420 e. The monoisotopic (exact) mass is 392 g/mol. The fourth-order valence-corrected chi connectivity index (χ4v) is 4.57. The summed E-state index contributed by atoms with van der Waals surface area (Å²) in [5, 5.41) is 2.82. The summed E-state index contributed by atoms with van der Waals surface area (Å²) in [6.45, 7) is 4.67. The van der Waals surface area contributed by atoms with E-state index in [-0.39, 0.29) is 18.1 Å². The smallest absolute Gasteiger partial charge is 0.396 e. The molecule has 0 fully saturated rings. The summed E-state index contributed by atoms with van der Waals surface area (Å²) in [7, 11) is 0. The Kier molecular flexibility index (Phi) is 7.06. The number of urea groups is 1. The molecule has 0 radical (unpaired) electrons. The van der Waals surface area contributed by atoms with Gasteiger partial charge in [-0.3, -0.25) is 0 Å². The summed E-state index contributed by atoms with van der Waals surface area (Å²) in [5.41, 5.74) is 0. The van der Waals surface area contributed by atoms with E-state index in [0.717, 1.165) is 0 Å². The summed E-state index contributed by atoms with van der Waals surface area (Å²) >= 11 is 5.64. The highest BCUT2D eigenvalue weighted by molar-refractivity contribution is 8.09. The molecule has 0 saturated carbocycles. The lowest BCUT2D eigenvalue weighted by Gasteiger charge is -2.33. The molecule has 2 aromatic carbocycles. The SMILES string of the molecule is CC(C)N(C(=O)NP(=S)(Oc1ccccc1)Oc1ccccc1)C(C)C. The van der Waals surface area contributed by atoms with Gasteiger partial charge in [0.15, 0.2) is 0 Å². The maximum absolute atomic E-state index is 12.8. The highest BCUT2D eigenvalue weighted by Crippen LogP contribution is 2.45. The lowest BCUT2D eigenvalue weighted by atomic mass is 10.2. The molecule has 0 aliphatic heterocycles. The number of nitrogens with one attached hydrogen (secondary N) is 1. The molecule has 2 rings (SSSR count). The van der Waals surface area contributed by atoms with Crippen molar-refractivity contribution in [2.75, 3.05) is 0 Å². The number of benzene rings is 2. The van der Waals surface area contributed by atoms with E-state index in [1.165, 1.54) is 0 Å². The first-order chi connectivity index (χ1) is 12.3. The summed E-state index contributed by atoms with van der Waals surface area (Å²) in [5.74, 6) is 1.10. The molecule has 0 unspecified atom stereocenters. The van der Waals surface area contributed by atoms with E-state index >= 15 is 0 Å². The van der Waals surface area contributed by atoms with E-state index in [0.29, 0.717) is 11.5 Å². The predicted molar refractivity (Wildman–Crippen MR) is 109 cm³/mol. The molecular weight excluding hydrogens is 367 g/mol. The Hall–Kier alpha value is -2.04. The molecule has 7 heteroatoms. The lowest BCUT2D eigenvalue weighted by Crippen LogP contribution is -2.47. The summed E-state index contributed by atoms with van der Waals surface area (Å²) < 4.78 is 11.9. The fraction of sp³-hybridized carbons (Fsp3) is 0.316. The van der Waals surface area contributed by atoms with E-state index in [9.17, 15) is 4.79 Å². The van der Waals surface area contributed by atoms with Crippen molar-refractivity contribution in [1.82, 2.24) is 9.99 Å². The zero-order valence-corrected chi connectivity index (χ0v) is 17.2. The molecule has 2 amide bonds. The van der Waals surface area contributed by atoms with Crippen LogP contribution in [0.3, 0.4) is 0 Å². The van der Waals surface area contributed by atoms with Gasteiger partial charge in [-0.15, -0.1) is 0 Å². The predicted octanol–water partition coefficient (Wildman–Crippen LogP) is 5.20. The number of carbonyl (C=O) groups excluding carboxylic acids is 1. The van der Waals surface area contributed by atoms with Crippen molar-refractivity contribution in [2.45, 2.75) is 39.8 Å². The largest absolute Gasteiger partial charge is 0.420 e. The highest BCUT2D eigenvalue weighted by atomic mass is 32.5. The van der Waals surface area contributed by atoms with Gasteiger partial charge in [0.1, 0.15) is 11.5 Å². The maximum Gasteiger partial charge on any atom is 0.396 e. The van der Waals surface area contributed by atoms with Gasteiger partial charge in [-0.1, -0.05) is 36.4 Å². The molecule has 0 bridgehead atoms. The van der Waals surface area contributed by atoms with Crippen LogP contribution in [0.25, 0.3) is 0 Å². The average Bonchev–Trinajstić information content (AvgIpc) is 2.55. The number of para-hydroxylation sites is 2. The van der Waals surface area contributed by atoms with Crippen molar-refractivity contribution in [3.8, 4) is 11.5 Å². The average molecular weight is 392 g/mol. The third kappa shape index (κ3) is 5.75. The standard InChI is InChI=1S/C19H25N2O3PS/c1-15(2)21(16(3)4)19(22)20-25(26,23-17-11-7-5-8-12-17)24-18-13-9-6-10-14-18/h5-16H,1-4H3,(H,20,22,26). The summed E-state index contributed by atoms with van der Waals surface area (Å²) in [6.07, 6.45) is 0. The van der Waals surface area contributed by atoms with Gasteiger partial charge in [-0.05, 0) is 52.0 Å². The Morgan fingerprint density at radius 2 is 1.27 bits per heavy atom. The molecule has 140 valence electrons. The maximum atomic E-state index is 12.8. The molecule has 26 heavy (non-hydrogen) atoms. The Morgan fingerprint density at radius 1 is 0.885 bits per heavy atom. The number of nitrogens with zero attached hydrogens (tertiary/aromatic N) is 1. The van der Waals surface area contributed by atoms with Crippen molar-refractivity contribution in [3.05, 3.63) is 60.7 Å². The van der Waals surface area contributed by atoms with E-state index in [1.54, 1.807) is 29.2 Å². The van der Waals surface area contributed by atoms with Gasteiger partial charge in [-0.2, -0.15) is 0 Å². The molecule has 0 aliphatic carbocycles. The Balaban J connectivity index is 2.27. The quantitative estimate of drug-likeness (QED) is 0.658. The molecule has 0 spiro atoms. The normalized spacial score (nSPS) is 11.3. The van der Waals surface area contributed by atoms with Crippen LogP contribution in [0.5, 0.6) is 11.5 Å². The van der Waals surface area contributed by atoms with Crippen LogP contribution in [-0.4, -0.2) is 23.0 Å². The van der Waals surface area contributed by atoms with Crippen LogP contribution in [0.4, 0.5) is 4.79 Å². The first kappa shape index (κ1) is 20.3. The number of hydrogen-bond acceptors (Lipinski definition) is 4. The van der Waals surface area contributed by atoms with Gasteiger partial charge < -0.3 is 13.9 Å². The Bertz CT molecular complexity index is 700. The van der Waals surface area contributed by atoms with Crippen molar-refractivity contribution in [1.29, 1.82) is 0 Å². The first-order valence-corrected chi connectivity index (χ1v) is 11.1. The molecule has 2 aromatic rings. The molecule has 5 nitrogen and oxygen atoms in total. The van der Waals surface area contributed by atoms with Crippen LogP contribution in [0.15, 0.2) is 60.7 Å². The first-order valence-electron chi connectivity index (χ1n) is 8.50. The van der Waals surface area contributed by atoms with Crippen molar-refractivity contribution in [2.24, 2.45) is 0 Å². The third-order valence-corrected chi connectivity index (χ3v) is 5.61. The fourth-order valence-electron chi connectivity index (χ4n) is 2.54. The van der Waals surface area contributed by atoms with Gasteiger partial charge in [0.25, 0.3) is 0 Å².